The maximum atomic E-state index is 13.1. The largest absolute Gasteiger partial charge is 0.497 e. The van der Waals surface area contributed by atoms with Crippen LogP contribution in [0.25, 0.3) is 0 Å². The molecular formula is C18H20FNO4S. The van der Waals surface area contributed by atoms with Crippen LogP contribution < -0.4 is 14.2 Å². The number of hydrogen-bond donors (Lipinski definition) is 1. The van der Waals surface area contributed by atoms with E-state index >= 15 is 0 Å². The first-order valence-corrected chi connectivity index (χ1v) is 9.36. The van der Waals surface area contributed by atoms with Crippen molar-refractivity contribution in [3.8, 4) is 11.5 Å². The molecular weight excluding hydrogens is 345 g/mol. The van der Waals surface area contributed by atoms with Crippen molar-refractivity contribution in [2.75, 3.05) is 20.8 Å². The van der Waals surface area contributed by atoms with Crippen LogP contribution in [0.4, 0.5) is 4.39 Å². The minimum atomic E-state index is -3.77. The second kappa shape index (κ2) is 6.65. The molecule has 0 unspecified atom stereocenters. The van der Waals surface area contributed by atoms with E-state index in [1.165, 1.54) is 32.4 Å². The predicted molar refractivity (Wildman–Crippen MR) is 92.0 cm³/mol. The van der Waals surface area contributed by atoms with Crippen LogP contribution in [0.1, 0.15) is 18.4 Å². The zero-order chi connectivity index (χ0) is 18.1. The fourth-order valence-corrected chi connectivity index (χ4v) is 4.14. The molecule has 3 rings (SSSR count). The van der Waals surface area contributed by atoms with Gasteiger partial charge in [0.2, 0.25) is 10.0 Å². The minimum Gasteiger partial charge on any atom is -0.497 e. The molecule has 25 heavy (non-hydrogen) atoms. The molecule has 0 atom stereocenters. The molecule has 2 aromatic rings. The first kappa shape index (κ1) is 17.7. The molecule has 0 heterocycles. The lowest BCUT2D eigenvalue weighted by atomic mass is 9.96. The second-order valence-electron chi connectivity index (χ2n) is 6.13. The highest BCUT2D eigenvalue weighted by Crippen LogP contribution is 2.47. The van der Waals surface area contributed by atoms with Gasteiger partial charge in [-0.25, -0.2) is 17.5 Å². The van der Waals surface area contributed by atoms with Crippen LogP contribution in [-0.2, 0) is 15.4 Å². The van der Waals surface area contributed by atoms with Gasteiger partial charge >= 0.3 is 0 Å². The van der Waals surface area contributed by atoms with Gasteiger partial charge in [0.25, 0.3) is 0 Å². The third kappa shape index (κ3) is 3.62. The smallest absolute Gasteiger partial charge is 0.244 e. The number of nitrogens with one attached hydrogen (secondary N) is 1. The molecule has 134 valence electrons. The Balaban J connectivity index is 1.82. The van der Waals surface area contributed by atoms with E-state index in [0.29, 0.717) is 5.75 Å². The maximum Gasteiger partial charge on any atom is 0.244 e. The summed E-state index contributed by atoms with van der Waals surface area (Å²) >= 11 is 0. The molecule has 0 amide bonds. The molecule has 1 aliphatic rings. The zero-order valence-electron chi connectivity index (χ0n) is 14.1. The van der Waals surface area contributed by atoms with Crippen LogP contribution in [0.5, 0.6) is 11.5 Å². The topological polar surface area (TPSA) is 64.6 Å². The standard InChI is InChI=1S/C18H20FNO4S/c1-23-15-7-8-16(24-2)17(11-15)25(21,22)20-12-18(9-10-18)13-3-5-14(19)6-4-13/h3-8,11,20H,9-10,12H2,1-2H3. The number of methoxy groups -OCH3 is 2. The Morgan fingerprint density at radius 3 is 2.32 bits per heavy atom. The van der Waals surface area contributed by atoms with Gasteiger partial charge in [-0.1, -0.05) is 12.1 Å². The molecule has 1 aliphatic carbocycles. The predicted octanol–water partition coefficient (Wildman–Crippen LogP) is 2.85. The van der Waals surface area contributed by atoms with Gasteiger partial charge in [0.1, 0.15) is 22.2 Å². The molecule has 0 bridgehead atoms. The lowest BCUT2D eigenvalue weighted by molar-refractivity contribution is 0.392. The van der Waals surface area contributed by atoms with Crippen LogP contribution in [0.3, 0.4) is 0 Å². The van der Waals surface area contributed by atoms with E-state index in [1.807, 2.05) is 0 Å². The van der Waals surface area contributed by atoms with Gasteiger partial charge < -0.3 is 9.47 Å². The van der Waals surface area contributed by atoms with Crippen molar-refractivity contribution in [3.63, 3.8) is 0 Å². The average Bonchev–Trinajstić information content (AvgIpc) is 3.41. The summed E-state index contributed by atoms with van der Waals surface area (Å²) in [4.78, 5) is 0.0317. The molecule has 0 radical (unpaired) electrons. The van der Waals surface area contributed by atoms with Gasteiger partial charge in [0.05, 0.1) is 14.2 Å². The lowest BCUT2D eigenvalue weighted by Crippen LogP contribution is -2.32. The third-order valence-electron chi connectivity index (χ3n) is 4.57. The highest BCUT2D eigenvalue weighted by atomic mass is 32.2. The van der Waals surface area contributed by atoms with Crippen molar-refractivity contribution >= 4 is 10.0 Å². The van der Waals surface area contributed by atoms with E-state index in [1.54, 1.807) is 24.3 Å². The molecule has 5 nitrogen and oxygen atoms in total. The van der Waals surface area contributed by atoms with Crippen molar-refractivity contribution in [3.05, 3.63) is 53.8 Å². The van der Waals surface area contributed by atoms with Crippen LogP contribution in [-0.4, -0.2) is 29.2 Å². The monoisotopic (exact) mass is 365 g/mol. The summed E-state index contributed by atoms with van der Waals surface area (Å²) in [5.74, 6) is 0.377. The van der Waals surface area contributed by atoms with Gasteiger partial charge in [-0.3, -0.25) is 0 Å². The second-order valence-corrected chi connectivity index (χ2v) is 7.86. The summed E-state index contributed by atoms with van der Waals surface area (Å²) in [6.07, 6.45) is 1.72. The fraction of sp³-hybridized carbons (Fsp3) is 0.333. The van der Waals surface area contributed by atoms with E-state index in [-0.39, 0.29) is 28.4 Å². The molecule has 1 saturated carbocycles. The quantitative estimate of drug-likeness (QED) is 0.819. The Morgan fingerprint density at radius 1 is 1.08 bits per heavy atom. The summed E-state index contributed by atoms with van der Waals surface area (Å²) in [5.41, 5.74) is 0.668. The Labute approximate surface area is 146 Å². The summed E-state index contributed by atoms with van der Waals surface area (Å²) in [6, 6.07) is 10.8. The molecule has 1 fully saturated rings. The Morgan fingerprint density at radius 2 is 1.76 bits per heavy atom. The van der Waals surface area contributed by atoms with Crippen LogP contribution >= 0.6 is 0 Å². The van der Waals surface area contributed by atoms with Crippen molar-refractivity contribution in [1.82, 2.24) is 4.72 Å². The highest BCUT2D eigenvalue weighted by molar-refractivity contribution is 7.89. The van der Waals surface area contributed by atoms with Gasteiger partial charge in [0.15, 0.2) is 0 Å². The van der Waals surface area contributed by atoms with E-state index in [4.69, 9.17) is 9.47 Å². The normalized spacial score (nSPS) is 15.6. The van der Waals surface area contributed by atoms with Crippen molar-refractivity contribution in [2.24, 2.45) is 0 Å². The molecule has 0 saturated heterocycles. The number of sulfonamides is 1. The molecule has 0 aromatic heterocycles. The van der Waals surface area contributed by atoms with E-state index in [9.17, 15) is 12.8 Å². The van der Waals surface area contributed by atoms with Crippen LogP contribution in [0.15, 0.2) is 47.4 Å². The number of hydrogen-bond acceptors (Lipinski definition) is 4. The van der Waals surface area contributed by atoms with Gasteiger partial charge in [0, 0.05) is 18.0 Å². The lowest BCUT2D eigenvalue weighted by Gasteiger charge is -2.18. The number of halogens is 1. The zero-order valence-corrected chi connectivity index (χ0v) is 14.9. The van der Waals surface area contributed by atoms with Gasteiger partial charge in [-0.15, -0.1) is 0 Å². The first-order valence-electron chi connectivity index (χ1n) is 7.88. The highest BCUT2D eigenvalue weighted by Gasteiger charge is 2.45. The number of rotatable bonds is 7. The summed E-state index contributed by atoms with van der Waals surface area (Å²) < 4.78 is 51.5. The molecule has 1 N–H and O–H groups in total. The molecule has 0 spiro atoms. The Bertz CT molecular complexity index is 861. The van der Waals surface area contributed by atoms with Crippen LogP contribution in [0.2, 0.25) is 0 Å². The molecule has 0 aliphatic heterocycles. The van der Waals surface area contributed by atoms with Crippen LogP contribution in [0, 0.1) is 5.82 Å². The average molecular weight is 365 g/mol. The summed E-state index contributed by atoms with van der Waals surface area (Å²) in [6.45, 7) is 0.251. The Kier molecular flexibility index (Phi) is 4.71. The van der Waals surface area contributed by atoms with Crippen molar-refractivity contribution in [2.45, 2.75) is 23.2 Å². The molecule has 7 heteroatoms. The minimum absolute atomic E-state index is 0.0317. The van der Waals surface area contributed by atoms with Gasteiger partial charge in [-0.05, 0) is 42.7 Å². The number of benzene rings is 2. The maximum absolute atomic E-state index is 13.1. The van der Waals surface area contributed by atoms with E-state index in [2.05, 4.69) is 4.72 Å². The van der Waals surface area contributed by atoms with E-state index < -0.39 is 10.0 Å². The Hall–Kier alpha value is -2.12. The first-order chi connectivity index (χ1) is 11.9. The molecule has 2 aromatic carbocycles. The fourth-order valence-electron chi connectivity index (χ4n) is 2.83. The third-order valence-corrected chi connectivity index (χ3v) is 5.99. The van der Waals surface area contributed by atoms with Gasteiger partial charge in [-0.2, -0.15) is 0 Å². The number of ether oxygens (including phenoxy) is 2. The van der Waals surface area contributed by atoms with E-state index in [0.717, 1.165) is 18.4 Å². The van der Waals surface area contributed by atoms with Crippen molar-refractivity contribution < 1.29 is 22.3 Å². The summed E-state index contributed by atoms with van der Waals surface area (Å²) in [7, 11) is -0.884. The SMILES string of the molecule is COc1ccc(OC)c(S(=O)(=O)NCC2(c3ccc(F)cc3)CC2)c1. The van der Waals surface area contributed by atoms with Crippen molar-refractivity contribution in [1.29, 1.82) is 0 Å². The summed E-state index contributed by atoms with van der Waals surface area (Å²) in [5, 5.41) is 0.